The Balaban J connectivity index is 1.89. The fraction of sp³-hybridized carbons (Fsp3) is 0.200. The Morgan fingerprint density at radius 3 is 2.30 bits per heavy atom. The number of benzene rings is 2. The predicted octanol–water partition coefficient (Wildman–Crippen LogP) is 3.33. The van der Waals surface area contributed by atoms with Gasteiger partial charge in [-0.05, 0) is 29.7 Å². The number of rotatable bonds is 5. The van der Waals surface area contributed by atoms with Crippen LogP contribution in [0.25, 0.3) is 0 Å². The largest absolute Gasteiger partial charge is 0.309 e. The molecule has 2 rings (SSSR count). The molecule has 0 aliphatic heterocycles. The molecule has 2 aromatic rings. The lowest BCUT2D eigenvalue weighted by Gasteiger charge is -2.06. The van der Waals surface area contributed by atoms with Crippen molar-refractivity contribution in [2.24, 2.45) is 0 Å². The van der Waals surface area contributed by atoms with Crippen molar-refractivity contribution in [3.63, 3.8) is 0 Å². The zero-order valence-corrected chi connectivity index (χ0v) is 11.1. The summed E-state index contributed by atoms with van der Waals surface area (Å²) in [5.41, 5.74) is 2.52. The maximum Gasteiger partial charge on any atom is 0.269 e. The smallest absolute Gasteiger partial charge is 0.269 e. The molecular formula is C15H15FN2O2. The van der Waals surface area contributed by atoms with Crippen LogP contribution in [0.1, 0.15) is 16.7 Å². The van der Waals surface area contributed by atoms with Crippen molar-refractivity contribution in [1.29, 1.82) is 0 Å². The second-order valence-corrected chi connectivity index (χ2v) is 4.61. The molecule has 0 heterocycles. The highest BCUT2D eigenvalue weighted by Crippen LogP contribution is 2.12. The van der Waals surface area contributed by atoms with E-state index < -0.39 is 4.92 Å². The summed E-state index contributed by atoms with van der Waals surface area (Å²) < 4.78 is 13.4. The van der Waals surface area contributed by atoms with Crippen molar-refractivity contribution in [3.05, 3.63) is 75.1 Å². The molecule has 0 amide bonds. The molecule has 0 aliphatic rings. The van der Waals surface area contributed by atoms with E-state index in [1.165, 1.54) is 18.2 Å². The van der Waals surface area contributed by atoms with Crippen LogP contribution in [0.4, 0.5) is 10.1 Å². The summed E-state index contributed by atoms with van der Waals surface area (Å²) in [7, 11) is 0. The SMILES string of the molecule is Cc1ccc(CNCc2ccc([N+](=O)[O-])cc2)cc1F. The van der Waals surface area contributed by atoms with Crippen molar-refractivity contribution in [1.82, 2.24) is 5.32 Å². The summed E-state index contributed by atoms with van der Waals surface area (Å²) in [5.74, 6) is -0.209. The first kappa shape index (κ1) is 14.1. The number of aryl methyl sites for hydroxylation is 1. The normalized spacial score (nSPS) is 10.5. The number of nitrogens with one attached hydrogen (secondary N) is 1. The lowest BCUT2D eigenvalue weighted by molar-refractivity contribution is -0.384. The minimum atomic E-state index is -0.424. The fourth-order valence-electron chi connectivity index (χ4n) is 1.83. The monoisotopic (exact) mass is 274 g/mol. The van der Waals surface area contributed by atoms with Crippen LogP contribution in [0.3, 0.4) is 0 Å². The maximum atomic E-state index is 13.4. The van der Waals surface area contributed by atoms with Crippen molar-refractivity contribution < 1.29 is 9.31 Å². The quantitative estimate of drug-likeness (QED) is 0.672. The van der Waals surface area contributed by atoms with E-state index in [9.17, 15) is 14.5 Å². The van der Waals surface area contributed by atoms with E-state index in [1.807, 2.05) is 6.07 Å². The van der Waals surface area contributed by atoms with Gasteiger partial charge in [0.1, 0.15) is 5.82 Å². The molecule has 0 radical (unpaired) electrons. The molecule has 0 saturated heterocycles. The van der Waals surface area contributed by atoms with Gasteiger partial charge in [0.2, 0.25) is 0 Å². The minimum Gasteiger partial charge on any atom is -0.309 e. The van der Waals surface area contributed by atoms with E-state index in [0.29, 0.717) is 18.7 Å². The van der Waals surface area contributed by atoms with Gasteiger partial charge in [0.25, 0.3) is 5.69 Å². The second kappa shape index (κ2) is 6.25. The maximum absolute atomic E-state index is 13.4. The van der Waals surface area contributed by atoms with Crippen LogP contribution >= 0.6 is 0 Å². The summed E-state index contributed by atoms with van der Waals surface area (Å²) in [5, 5.41) is 13.7. The first-order valence-corrected chi connectivity index (χ1v) is 6.25. The summed E-state index contributed by atoms with van der Waals surface area (Å²) in [6, 6.07) is 11.5. The molecule has 4 nitrogen and oxygen atoms in total. The molecule has 0 fully saturated rings. The average Bonchev–Trinajstić information content (AvgIpc) is 2.43. The Kier molecular flexibility index (Phi) is 4.42. The number of halogens is 1. The van der Waals surface area contributed by atoms with Gasteiger partial charge in [-0.2, -0.15) is 0 Å². The van der Waals surface area contributed by atoms with Crippen molar-refractivity contribution in [2.45, 2.75) is 20.0 Å². The van der Waals surface area contributed by atoms with Crippen LogP contribution in [0.5, 0.6) is 0 Å². The van der Waals surface area contributed by atoms with E-state index in [2.05, 4.69) is 5.32 Å². The summed E-state index contributed by atoms with van der Waals surface area (Å²) in [4.78, 5) is 10.1. The molecule has 2 aromatic carbocycles. The van der Waals surface area contributed by atoms with Gasteiger partial charge in [-0.25, -0.2) is 4.39 Å². The van der Waals surface area contributed by atoms with Gasteiger partial charge in [-0.1, -0.05) is 24.3 Å². The lowest BCUT2D eigenvalue weighted by Crippen LogP contribution is -2.12. The minimum absolute atomic E-state index is 0.0781. The van der Waals surface area contributed by atoms with Crippen LogP contribution in [0.2, 0.25) is 0 Å². The Morgan fingerprint density at radius 2 is 1.70 bits per heavy atom. The molecule has 0 aromatic heterocycles. The molecule has 0 atom stereocenters. The number of nitro benzene ring substituents is 1. The molecule has 0 bridgehead atoms. The first-order valence-electron chi connectivity index (χ1n) is 6.25. The standard InChI is InChI=1S/C15H15FN2O2/c1-11-2-3-13(8-15(11)16)10-17-9-12-4-6-14(7-5-12)18(19)20/h2-8,17H,9-10H2,1H3. The molecule has 0 saturated carbocycles. The molecule has 0 spiro atoms. The Labute approximate surface area is 116 Å². The van der Waals surface area contributed by atoms with Gasteiger partial charge in [0, 0.05) is 25.2 Å². The summed E-state index contributed by atoms with van der Waals surface area (Å²) >= 11 is 0. The molecule has 5 heteroatoms. The Hall–Kier alpha value is -2.27. The fourth-order valence-corrected chi connectivity index (χ4v) is 1.83. The van der Waals surface area contributed by atoms with Gasteiger partial charge in [-0.15, -0.1) is 0 Å². The molecular weight excluding hydrogens is 259 g/mol. The third-order valence-corrected chi connectivity index (χ3v) is 3.04. The van der Waals surface area contributed by atoms with E-state index >= 15 is 0 Å². The number of hydrogen-bond donors (Lipinski definition) is 1. The third-order valence-electron chi connectivity index (χ3n) is 3.04. The highest BCUT2D eigenvalue weighted by atomic mass is 19.1. The van der Waals surface area contributed by atoms with Crippen molar-refractivity contribution in [3.8, 4) is 0 Å². The number of non-ortho nitro benzene ring substituents is 1. The van der Waals surface area contributed by atoms with Crippen LogP contribution in [0.15, 0.2) is 42.5 Å². The van der Waals surface area contributed by atoms with Crippen LogP contribution in [0, 0.1) is 22.9 Å². The van der Waals surface area contributed by atoms with Gasteiger partial charge in [0.05, 0.1) is 4.92 Å². The number of nitro groups is 1. The molecule has 104 valence electrons. The third kappa shape index (κ3) is 3.61. The zero-order chi connectivity index (χ0) is 14.5. The predicted molar refractivity (Wildman–Crippen MR) is 74.8 cm³/mol. The molecule has 0 aliphatic carbocycles. The van der Waals surface area contributed by atoms with Crippen LogP contribution in [-0.2, 0) is 13.1 Å². The van der Waals surface area contributed by atoms with E-state index in [4.69, 9.17) is 0 Å². The van der Waals surface area contributed by atoms with Gasteiger partial charge < -0.3 is 5.32 Å². The van der Waals surface area contributed by atoms with E-state index in [1.54, 1.807) is 25.1 Å². The van der Waals surface area contributed by atoms with E-state index in [0.717, 1.165) is 11.1 Å². The second-order valence-electron chi connectivity index (χ2n) is 4.61. The summed E-state index contributed by atoms with van der Waals surface area (Å²) in [6.45, 7) is 2.85. The Bertz CT molecular complexity index is 612. The van der Waals surface area contributed by atoms with Crippen molar-refractivity contribution in [2.75, 3.05) is 0 Å². The Morgan fingerprint density at radius 1 is 1.10 bits per heavy atom. The van der Waals surface area contributed by atoms with Gasteiger partial charge in [0.15, 0.2) is 0 Å². The highest BCUT2D eigenvalue weighted by molar-refractivity contribution is 5.32. The van der Waals surface area contributed by atoms with Gasteiger partial charge in [-0.3, -0.25) is 10.1 Å². The zero-order valence-electron chi connectivity index (χ0n) is 11.1. The van der Waals surface area contributed by atoms with Crippen LogP contribution in [-0.4, -0.2) is 4.92 Å². The highest BCUT2D eigenvalue weighted by Gasteiger charge is 2.04. The first-order chi connectivity index (χ1) is 9.56. The molecule has 0 unspecified atom stereocenters. The number of nitrogens with zero attached hydrogens (tertiary/aromatic N) is 1. The van der Waals surface area contributed by atoms with Gasteiger partial charge >= 0.3 is 0 Å². The van der Waals surface area contributed by atoms with Crippen molar-refractivity contribution >= 4 is 5.69 Å². The lowest BCUT2D eigenvalue weighted by atomic mass is 10.1. The average molecular weight is 274 g/mol. The summed E-state index contributed by atoms with van der Waals surface area (Å²) in [6.07, 6.45) is 0. The molecule has 1 N–H and O–H groups in total. The van der Waals surface area contributed by atoms with Crippen LogP contribution < -0.4 is 5.32 Å². The number of hydrogen-bond acceptors (Lipinski definition) is 3. The topological polar surface area (TPSA) is 55.2 Å². The van der Waals surface area contributed by atoms with E-state index in [-0.39, 0.29) is 11.5 Å². The molecule has 20 heavy (non-hydrogen) atoms.